The van der Waals surface area contributed by atoms with Crippen molar-refractivity contribution < 1.29 is 8.78 Å². The van der Waals surface area contributed by atoms with Crippen LogP contribution in [0.25, 0.3) is 0 Å². The van der Waals surface area contributed by atoms with Gasteiger partial charge in [0.1, 0.15) is 0 Å². The van der Waals surface area contributed by atoms with E-state index >= 15 is 0 Å². The van der Waals surface area contributed by atoms with E-state index in [-0.39, 0.29) is 11.6 Å². The second-order valence-electron chi connectivity index (χ2n) is 6.51. The third-order valence-corrected chi connectivity index (χ3v) is 3.79. The van der Waals surface area contributed by atoms with Crippen molar-refractivity contribution in [2.24, 2.45) is 0 Å². The molecular weight excluding hydrogens is 294 g/mol. The molecule has 0 aliphatic heterocycles. The zero-order chi connectivity index (χ0) is 16.9. The highest BCUT2D eigenvalue weighted by atomic mass is 19.2. The van der Waals surface area contributed by atoms with E-state index in [1.54, 1.807) is 6.07 Å². The number of hydrogen-bond acceptors (Lipinski definition) is 2. The lowest BCUT2D eigenvalue weighted by Crippen LogP contribution is -2.48. The van der Waals surface area contributed by atoms with Crippen molar-refractivity contribution in [1.29, 1.82) is 0 Å². The molecule has 2 nitrogen and oxygen atoms in total. The molecule has 0 fully saturated rings. The van der Waals surface area contributed by atoms with Gasteiger partial charge in [0.05, 0.1) is 0 Å². The van der Waals surface area contributed by atoms with Gasteiger partial charge in [-0.15, -0.1) is 0 Å². The Morgan fingerprint density at radius 3 is 2.35 bits per heavy atom. The fourth-order valence-corrected chi connectivity index (χ4v) is 2.63. The molecule has 2 N–H and O–H groups in total. The van der Waals surface area contributed by atoms with Crippen LogP contribution < -0.4 is 10.6 Å². The second kappa shape index (κ2) is 7.66. The third kappa shape index (κ3) is 5.41. The Kier molecular flexibility index (Phi) is 5.85. The van der Waals surface area contributed by atoms with Crippen molar-refractivity contribution >= 4 is 0 Å². The van der Waals surface area contributed by atoms with E-state index in [1.807, 2.05) is 18.2 Å². The summed E-state index contributed by atoms with van der Waals surface area (Å²) in [5.41, 5.74) is 1.84. The number of benzene rings is 2. The van der Waals surface area contributed by atoms with Gasteiger partial charge in [-0.2, -0.15) is 0 Å². The van der Waals surface area contributed by atoms with E-state index < -0.39 is 11.6 Å². The molecule has 0 bridgehead atoms. The lowest BCUT2D eigenvalue weighted by atomic mass is 10.0. The first-order valence-electron chi connectivity index (χ1n) is 7.85. The molecule has 0 saturated carbocycles. The van der Waals surface area contributed by atoms with E-state index in [9.17, 15) is 8.78 Å². The molecule has 0 radical (unpaired) electrons. The topological polar surface area (TPSA) is 24.1 Å². The van der Waals surface area contributed by atoms with Crippen molar-refractivity contribution in [2.45, 2.75) is 38.9 Å². The summed E-state index contributed by atoms with van der Waals surface area (Å²) in [4.78, 5) is 0. The van der Waals surface area contributed by atoms with Gasteiger partial charge in [0.2, 0.25) is 0 Å². The van der Waals surface area contributed by atoms with Crippen LogP contribution in [0.3, 0.4) is 0 Å². The molecule has 2 rings (SSSR count). The van der Waals surface area contributed by atoms with E-state index in [4.69, 9.17) is 0 Å². The summed E-state index contributed by atoms with van der Waals surface area (Å²) in [6.07, 6.45) is 0. The molecule has 0 heterocycles. The van der Waals surface area contributed by atoms with Gasteiger partial charge in [0.25, 0.3) is 0 Å². The molecule has 0 aliphatic carbocycles. The predicted octanol–water partition coefficient (Wildman–Crippen LogP) is 4.18. The molecule has 2 aromatic rings. The van der Waals surface area contributed by atoms with E-state index in [2.05, 4.69) is 43.5 Å². The summed E-state index contributed by atoms with van der Waals surface area (Å²) in [7, 11) is 0. The summed E-state index contributed by atoms with van der Waals surface area (Å²) in [6, 6.07) is 14.5. The molecule has 23 heavy (non-hydrogen) atoms. The van der Waals surface area contributed by atoms with E-state index in [0.717, 1.165) is 11.6 Å². The number of rotatable bonds is 7. The first kappa shape index (κ1) is 17.6. The first-order chi connectivity index (χ1) is 10.9. The van der Waals surface area contributed by atoms with Crippen molar-refractivity contribution in [3.8, 4) is 0 Å². The minimum absolute atomic E-state index is 0.131. The van der Waals surface area contributed by atoms with Crippen LogP contribution >= 0.6 is 0 Å². The molecule has 0 aromatic heterocycles. The van der Waals surface area contributed by atoms with Crippen LogP contribution in [0.15, 0.2) is 48.5 Å². The van der Waals surface area contributed by atoms with Gasteiger partial charge >= 0.3 is 0 Å². The Labute approximate surface area is 136 Å². The molecule has 1 unspecified atom stereocenters. The van der Waals surface area contributed by atoms with Crippen molar-refractivity contribution in [2.75, 3.05) is 6.54 Å². The average Bonchev–Trinajstić information content (AvgIpc) is 2.51. The maximum absolute atomic E-state index is 13.2. The highest BCUT2D eigenvalue weighted by Gasteiger charge is 2.20. The van der Waals surface area contributed by atoms with Crippen LogP contribution in [0.2, 0.25) is 0 Å². The Bertz CT molecular complexity index is 627. The number of nitrogens with one attached hydrogen (secondary N) is 2. The van der Waals surface area contributed by atoms with E-state index in [1.165, 1.54) is 11.6 Å². The van der Waals surface area contributed by atoms with Crippen LogP contribution in [0.1, 0.15) is 37.9 Å². The van der Waals surface area contributed by atoms with E-state index in [0.29, 0.717) is 13.1 Å². The Morgan fingerprint density at radius 2 is 1.70 bits per heavy atom. The standard InChI is InChI=1S/C19H24F2N2/c1-14(16-7-5-4-6-8-16)23-19(2,3)13-22-12-15-9-10-17(20)18(21)11-15/h4-11,14,22-23H,12-13H2,1-3H3. The number of halogens is 2. The zero-order valence-corrected chi connectivity index (χ0v) is 13.9. The monoisotopic (exact) mass is 318 g/mol. The lowest BCUT2D eigenvalue weighted by Gasteiger charge is -2.31. The summed E-state index contributed by atoms with van der Waals surface area (Å²) < 4.78 is 26.1. The zero-order valence-electron chi connectivity index (χ0n) is 13.9. The van der Waals surface area contributed by atoms with Gasteiger partial charge in [-0.1, -0.05) is 36.4 Å². The van der Waals surface area contributed by atoms with Crippen LogP contribution in [0, 0.1) is 11.6 Å². The third-order valence-electron chi connectivity index (χ3n) is 3.79. The highest BCUT2D eigenvalue weighted by Crippen LogP contribution is 2.16. The SMILES string of the molecule is CC(NC(C)(C)CNCc1ccc(F)c(F)c1)c1ccccc1. The minimum atomic E-state index is -0.813. The normalized spacial score (nSPS) is 13.1. The summed E-state index contributed by atoms with van der Waals surface area (Å²) in [5, 5.41) is 6.88. The smallest absolute Gasteiger partial charge is 0.159 e. The van der Waals surface area contributed by atoms with Crippen LogP contribution in [-0.4, -0.2) is 12.1 Å². The Hall–Kier alpha value is -1.78. The van der Waals surface area contributed by atoms with Crippen molar-refractivity contribution in [3.05, 3.63) is 71.3 Å². The van der Waals surface area contributed by atoms with Gasteiger partial charge in [-0.25, -0.2) is 8.78 Å². The molecule has 0 aliphatic rings. The lowest BCUT2D eigenvalue weighted by molar-refractivity contribution is 0.330. The molecule has 124 valence electrons. The highest BCUT2D eigenvalue weighted by molar-refractivity contribution is 5.19. The van der Waals surface area contributed by atoms with Gasteiger partial charge < -0.3 is 10.6 Å². The van der Waals surface area contributed by atoms with Crippen LogP contribution in [-0.2, 0) is 6.54 Å². The maximum atomic E-state index is 13.2. The summed E-state index contributed by atoms with van der Waals surface area (Å²) in [5.74, 6) is -1.62. The number of hydrogen-bond donors (Lipinski definition) is 2. The summed E-state index contributed by atoms with van der Waals surface area (Å²) >= 11 is 0. The summed E-state index contributed by atoms with van der Waals surface area (Å²) in [6.45, 7) is 7.58. The molecule has 0 spiro atoms. The van der Waals surface area contributed by atoms with Gasteiger partial charge in [0, 0.05) is 24.7 Å². The fraction of sp³-hybridized carbons (Fsp3) is 0.368. The first-order valence-corrected chi connectivity index (χ1v) is 7.85. The van der Waals surface area contributed by atoms with Crippen molar-refractivity contribution in [3.63, 3.8) is 0 Å². The minimum Gasteiger partial charge on any atom is -0.311 e. The Morgan fingerprint density at radius 1 is 1.00 bits per heavy atom. The van der Waals surface area contributed by atoms with Gasteiger partial charge in [-0.05, 0) is 44.0 Å². The quantitative estimate of drug-likeness (QED) is 0.800. The van der Waals surface area contributed by atoms with Gasteiger partial charge in [0.15, 0.2) is 11.6 Å². The second-order valence-corrected chi connectivity index (χ2v) is 6.51. The van der Waals surface area contributed by atoms with Gasteiger partial charge in [-0.3, -0.25) is 0 Å². The largest absolute Gasteiger partial charge is 0.311 e. The molecule has 2 aromatic carbocycles. The average molecular weight is 318 g/mol. The fourth-order valence-electron chi connectivity index (χ4n) is 2.63. The molecule has 4 heteroatoms. The van der Waals surface area contributed by atoms with Crippen LogP contribution in [0.5, 0.6) is 0 Å². The maximum Gasteiger partial charge on any atom is 0.159 e. The molecular formula is C19H24F2N2. The molecule has 0 saturated heterocycles. The molecule has 1 atom stereocenters. The van der Waals surface area contributed by atoms with Crippen molar-refractivity contribution in [1.82, 2.24) is 10.6 Å². The predicted molar refractivity (Wildman–Crippen MR) is 90.1 cm³/mol. The Balaban J connectivity index is 1.84. The molecule has 0 amide bonds. The van der Waals surface area contributed by atoms with Crippen LogP contribution in [0.4, 0.5) is 8.78 Å².